The van der Waals surface area contributed by atoms with Crippen LogP contribution >= 0.6 is 0 Å². The average Bonchev–Trinajstić information content (AvgIpc) is 3.09. The minimum atomic E-state index is -5.06. The van der Waals surface area contributed by atoms with E-state index in [-0.39, 0.29) is 61.7 Å². The molecule has 0 radical (unpaired) electrons. The van der Waals surface area contributed by atoms with Crippen LogP contribution in [0.25, 0.3) is 0 Å². The van der Waals surface area contributed by atoms with Gasteiger partial charge in [-0.1, -0.05) is 6.92 Å². The first-order valence-corrected chi connectivity index (χ1v) is 16.0. The van der Waals surface area contributed by atoms with E-state index in [9.17, 15) is 35.9 Å². The number of methoxy groups -OCH3 is 2. The molecule has 2 atom stereocenters. The number of carbonyl (C=O) groups excluding carboxylic acids is 1. The summed E-state index contributed by atoms with van der Waals surface area (Å²) in [6, 6.07) is 6.18. The summed E-state index contributed by atoms with van der Waals surface area (Å²) in [7, 11) is 2.87. The molecule has 0 bridgehead atoms. The summed E-state index contributed by atoms with van der Waals surface area (Å²) in [5.41, 5.74) is -2.68. The summed E-state index contributed by atoms with van der Waals surface area (Å²) in [5.74, 6) is -0.300. The predicted molar refractivity (Wildman–Crippen MR) is 172 cm³/mol. The van der Waals surface area contributed by atoms with Crippen molar-refractivity contribution in [3.63, 3.8) is 0 Å². The number of alkyl halides is 6. The largest absolute Gasteiger partial charge is 0.490 e. The Bertz CT molecular complexity index is 1610. The highest BCUT2D eigenvalue weighted by molar-refractivity contribution is 5.90. The van der Waals surface area contributed by atoms with Crippen LogP contribution in [0.4, 0.5) is 42.6 Å². The summed E-state index contributed by atoms with van der Waals surface area (Å²) in [5, 5.41) is 8.89. The highest BCUT2D eigenvalue weighted by atomic mass is 19.4. The van der Waals surface area contributed by atoms with E-state index in [2.05, 4.69) is 9.97 Å². The molecule has 51 heavy (non-hydrogen) atoms. The summed E-state index contributed by atoms with van der Waals surface area (Å²) in [6.45, 7) is 1.80. The molecular formula is C34H38F6N4O7. The molecule has 0 saturated heterocycles. The van der Waals surface area contributed by atoms with Crippen LogP contribution in [-0.2, 0) is 33.2 Å². The number of pyridine rings is 2. The minimum Gasteiger partial charge on any atom is -0.490 e. The summed E-state index contributed by atoms with van der Waals surface area (Å²) in [6.07, 6.45) is -8.46. The molecule has 4 rings (SSSR count). The number of unbranched alkanes of at least 4 members (excludes halogenated alkanes) is 1. The molecule has 3 heterocycles. The van der Waals surface area contributed by atoms with E-state index in [1.807, 2.05) is 6.92 Å². The van der Waals surface area contributed by atoms with Crippen LogP contribution in [0.5, 0.6) is 11.6 Å². The maximum Gasteiger partial charge on any atom is 0.416 e. The lowest BCUT2D eigenvalue weighted by atomic mass is 9.91. The second kappa shape index (κ2) is 16.9. The number of benzene rings is 1. The number of rotatable bonds is 15. The number of nitrogens with zero attached hydrogens (tertiary/aromatic N) is 4. The van der Waals surface area contributed by atoms with Gasteiger partial charge in [-0.3, -0.25) is 9.69 Å². The van der Waals surface area contributed by atoms with Crippen molar-refractivity contribution < 1.29 is 60.0 Å². The number of fused-ring (bicyclic) bond motifs is 1. The first-order chi connectivity index (χ1) is 24.2. The number of carboxylic acids is 1. The fraction of sp³-hybridized carbons (Fsp3) is 0.471. The molecule has 3 aromatic rings. The lowest BCUT2D eigenvalue weighted by Crippen LogP contribution is -2.48. The Hall–Kier alpha value is -4.80. The molecule has 1 aliphatic heterocycles. The first kappa shape index (κ1) is 39.0. The zero-order valence-corrected chi connectivity index (χ0v) is 28.1. The molecule has 1 aliphatic rings. The quantitative estimate of drug-likeness (QED) is 0.123. The van der Waals surface area contributed by atoms with Gasteiger partial charge in [-0.2, -0.15) is 26.3 Å². The van der Waals surface area contributed by atoms with E-state index in [0.717, 1.165) is 0 Å². The first-order valence-electron chi connectivity index (χ1n) is 16.0. The van der Waals surface area contributed by atoms with E-state index < -0.39 is 54.2 Å². The van der Waals surface area contributed by atoms with Crippen molar-refractivity contribution in [3.8, 4) is 11.6 Å². The minimum absolute atomic E-state index is 0.0483. The predicted octanol–water partition coefficient (Wildman–Crippen LogP) is 7.68. The second-order valence-electron chi connectivity index (χ2n) is 11.6. The van der Waals surface area contributed by atoms with Gasteiger partial charge in [-0.05, 0) is 67.6 Å². The number of carboxylic acid groups (broad SMARTS) is 1. The molecule has 0 fully saturated rings. The zero-order chi connectivity index (χ0) is 37.3. The van der Waals surface area contributed by atoms with Crippen molar-refractivity contribution in [1.82, 2.24) is 9.97 Å². The lowest BCUT2D eigenvalue weighted by molar-refractivity contribution is -0.143. The molecule has 11 nitrogen and oxygen atoms in total. The van der Waals surface area contributed by atoms with E-state index in [4.69, 9.17) is 24.1 Å². The summed E-state index contributed by atoms with van der Waals surface area (Å²) >= 11 is 0. The molecule has 1 aromatic carbocycles. The normalized spacial score (nSPS) is 16.0. The van der Waals surface area contributed by atoms with E-state index >= 15 is 0 Å². The molecule has 2 aromatic heterocycles. The molecule has 0 aliphatic carbocycles. The van der Waals surface area contributed by atoms with Crippen molar-refractivity contribution in [2.45, 2.75) is 70.0 Å². The molecule has 1 N–H and O–H groups in total. The summed E-state index contributed by atoms with van der Waals surface area (Å²) < 4.78 is 105. The maximum absolute atomic E-state index is 13.9. The fourth-order valence-electron chi connectivity index (χ4n) is 5.69. The highest BCUT2D eigenvalue weighted by Crippen LogP contribution is 2.44. The third-order valence-electron chi connectivity index (χ3n) is 8.15. The molecule has 278 valence electrons. The van der Waals surface area contributed by atoms with Gasteiger partial charge in [0.15, 0.2) is 0 Å². The maximum atomic E-state index is 13.9. The highest BCUT2D eigenvalue weighted by Gasteiger charge is 2.42. The summed E-state index contributed by atoms with van der Waals surface area (Å²) in [4.78, 5) is 36.4. The molecule has 0 saturated carbocycles. The van der Waals surface area contributed by atoms with Crippen molar-refractivity contribution >= 4 is 23.6 Å². The van der Waals surface area contributed by atoms with Gasteiger partial charge in [0.25, 0.3) is 0 Å². The molecule has 17 heteroatoms. The van der Waals surface area contributed by atoms with Crippen molar-refractivity contribution in [2.24, 2.45) is 0 Å². The number of aromatic nitrogens is 2. The number of hydrogen-bond acceptors (Lipinski definition) is 9. The fourth-order valence-corrected chi connectivity index (χ4v) is 5.69. The smallest absolute Gasteiger partial charge is 0.416 e. The van der Waals surface area contributed by atoms with Crippen LogP contribution in [0.15, 0.2) is 48.7 Å². The Balaban J connectivity index is 1.81. The Morgan fingerprint density at radius 2 is 1.67 bits per heavy atom. The van der Waals surface area contributed by atoms with Crippen LogP contribution in [0.3, 0.4) is 0 Å². The van der Waals surface area contributed by atoms with Crippen LogP contribution in [0.1, 0.15) is 67.5 Å². The number of ether oxygens (including phenoxy) is 4. The number of anilines is 2. The van der Waals surface area contributed by atoms with Gasteiger partial charge in [0.1, 0.15) is 18.2 Å². The van der Waals surface area contributed by atoms with Crippen LogP contribution < -0.4 is 19.3 Å². The van der Waals surface area contributed by atoms with Crippen molar-refractivity contribution in [1.29, 1.82) is 0 Å². The van der Waals surface area contributed by atoms with Crippen LogP contribution in [0.2, 0.25) is 0 Å². The molecule has 0 spiro atoms. The van der Waals surface area contributed by atoms with Gasteiger partial charge >= 0.3 is 24.4 Å². The second-order valence-corrected chi connectivity index (χ2v) is 11.6. The Kier molecular flexibility index (Phi) is 13.0. The number of aliphatic carboxylic acids is 1. The van der Waals surface area contributed by atoms with E-state index in [1.165, 1.54) is 42.3 Å². The van der Waals surface area contributed by atoms with Gasteiger partial charge in [0.05, 0.1) is 55.1 Å². The van der Waals surface area contributed by atoms with Gasteiger partial charge in [-0.25, -0.2) is 14.8 Å². The van der Waals surface area contributed by atoms with E-state index in [1.54, 1.807) is 12.1 Å². The topological polar surface area (TPSA) is 124 Å². The Labute approximate surface area is 290 Å². The monoisotopic (exact) mass is 728 g/mol. The average molecular weight is 729 g/mol. The van der Waals surface area contributed by atoms with Crippen molar-refractivity contribution in [2.75, 3.05) is 43.8 Å². The number of halogens is 6. The van der Waals surface area contributed by atoms with E-state index in [0.29, 0.717) is 42.8 Å². The van der Waals surface area contributed by atoms with Gasteiger partial charge in [0, 0.05) is 32.2 Å². The number of hydrogen-bond donors (Lipinski definition) is 1. The van der Waals surface area contributed by atoms with Crippen LogP contribution in [0, 0.1) is 0 Å². The van der Waals surface area contributed by atoms with Gasteiger partial charge < -0.3 is 29.0 Å². The Morgan fingerprint density at radius 1 is 0.961 bits per heavy atom. The third-order valence-corrected chi connectivity index (χ3v) is 8.15. The third kappa shape index (κ3) is 10.1. The van der Waals surface area contributed by atoms with Gasteiger partial charge in [-0.15, -0.1) is 0 Å². The zero-order valence-electron chi connectivity index (χ0n) is 28.1. The molecular weight excluding hydrogens is 690 g/mol. The molecule has 1 amide bonds. The number of amides is 1. The SMILES string of the molecule is CC[C@@H]1CC(N(Cc2cc(C(F)(F)F)cc(C(F)(F)F)c2)c2ccc(OCCOC)cn2)c2nc(OC)ccc2N1C(=O)OCCCCC(=O)O. The standard InChI is InChI=1S/C34H38F6N4O7/c1-4-24-18-27(31-26(9-11-29(42-31)49-3)44(24)32(47)51-12-6-5-7-30(45)46)43(28-10-8-25(19-41-28)50-14-13-48-2)20-21-15-22(33(35,36)37)17-23(16-21)34(38,39)40/h8-11,15-17,19,24,27H,4-7,12-14,18,20H2,1-3H3,(H,45,46)/t24-,27?/m1/s1. The van der Waals surface area contributed by atoms with Gasteiger partial charge in [0.2, 0.25) is 5.88 Å². The van der Waals surface area contributed by atoms with Crippen molar-refractivity contribution in [3.05, 3.63) is 71.0 Å². The van der Waals surface area contributed by atoms with Crippen LogP contribution in [-0.4, -0.2) is 67.2 Å². The lowest BCUT2D eigenvalue weighted by Gasteiger charge is -2.43. The number of carbonyl (C=O) groups is 2. The Morgan fingerprint density at radius 3 is 2.24 bits per heavy atom. The molecule has 1 unspecified atom stereocenters.